The summed E-state index contributed by atoms with van der Waals surface area (Å²) in [6.07, 6.45) is 7.41. The lowest BCUT2D eigenvalue weighted by molar-refractivity contribution is 0.181. The first-order chi connectivity index (χ1) is 15.0. The lowest BCUT2D eigenvalue weighted by Gasteiger charge is -2.24. The zero-order valence-electron chi connectivity index (χ0n) is 18.2. The summed E-state index contributed by atoms with van der Waals surface area (Å²) in [4.78, 5) is 12.1. The number of aromatic nitrogens is 2. The van der Waals surface area contributed by atoms with Gasteiger partial charge in [-0.15, -0.1) is 0 Å². The molecule has 0 spiro atoms. The van der Waals surface area contributed by atoms with Gasteiger partial charge in [0.2, 0.25) is 5.88 Å². The highest BCUT2D eigenvalue weighted by Gasteiger charge is 2.28. The van der Waals surface area contributed by atoms with Gasteiger partial charge in [0, 0.05) is 5.69 Å². The van der Waals surface area contributed by atoms with Gasteiger partial charge in [-0.2, -0.15) is 5.10 Å². The number of nitrogens with two attached hydrogens (primary N) is 2. The number of aryl methyl sites for hydroxylation is 1. The number of amides is 2. The fraction of sp³-hybridized carbons (Fsp3) is 0.545. The molecule has 2 heterocycles. The van der Waals surface area contributed by atoms with E-state index >= 15 is 0 Å². The molecule has 8 nitrogen and oxygen atoms in total. The molecular formula is C22H32N6O2S. The first-order valence-corrected chi connectivity index (χ1v) is 11.9. The van der Waals surface area contributed by atoms with E-state index in [0.717, 1.165) is 48.8 Å². The second kappa shape index (κ2) is 9.50. The molecule has 1 aromatic heterocycles. The smallest absolute Gasteiger partial charge is 0.316 e. The van der Waals surface area contributed by atoms with Crippen molar-refractivity contribution in [2.45, 2.75) is 69.4 Å². The zero-order valence-corrected chi connectivity index (χ0v) is 19.1. The Hall–Kier alpha value is -2.23. The van der Waals surface area contributed by atoms with Crippen LogP contribution in [-0.2, 0) is 25.8 Å². The molecule has 2 atom stereocenters. The Morgan fingerprint density at radius 1 is 1.35 bits per heavy atom. The van der Waals surface area contributed by atoms with Crippen LogP contribution in [-0.4, -0.2) is 35.0 Å². The maximum Gasteiger partial charge on any atom is 0.316 e. The minimum atomic E-state index is -0.438. The number of hydrogen-bond donors (Lipinski definition) is 4. The summed E-state index contributed by atoms with van der Waals surface area (Å²) in [5.74, 6) is 1.41. The van der Waals surface area contributed by atoms with Gasteiger partial charge in [0.15, 0.2) is 0 Å². The van der Waals surface area contributed by atoms with Crippen LogP contribution in [0, 0.1) is 0 Å². The number of carbonyl (C=O) groups excluding carboxylic acids is 1. The van der Waals surface area contributed by atoms with Gasteiger partial charge in [0.25, 0.3) is 0 Å². The van der Waals surface area contributed by atoms with E-state index in [4.69, 9.17) is 15.6 Å². The number of carbonyl (C=O) groups is 1. The van der Waals surface area contributed by atoms with Gasteiger partial charge in [0.05, 0.1) is 18.8 Å². The molecule has 2 aliphatic carbocycles. The summed E-state index contributed by atoms with van der Waals surface area (Å²) in [6, 6.07) is 2.27. The summed E-state index contributed by atoms with van der Waals surface area (Å²) in [5, 5.41) is 15.9. The van der Waals surface area contributed by atoms with Crippen molar-refractivity contribution in [1.82, 2.24) is 15.1 Å². The van der Waals surface area contributed by atoms with E-state index < -0.39 is 6.03 Å². The van der Waals surface area contributed by atoms with Crippen molar-refractivity contribution >= 4 is 23.7 Å². The third kappa shape index (κ3) is 4.53. The van der Waals surface area contributed by atoms with Crippen molar-refractivity contribution in [3.8, 4) is 5.88 Å². The van der Waals surface area contributed by atoms with Crippen LogP contribution in [0.3, 0.4) is 0 Å². The minimum Gasteiger partial charge on any atom is -0.475 e. The number of fused-ring (bicyclic) bond motifs is 3. The van der Waals surface area contributed by atoms with Crippen molar-refractivity contribution in [3.63, 3.8) is 0 Å². The molecule has 0 fully saturated rings. The van der Waals surface area contributed by atoms with Crippen LogP contribution < -0.4 is 26.2 Å². The number of likely N-dealkylation sites (N-methyl/N-ethyl adjacent to an activating group) is 1. The normalized spacial score (nSPS) is 20.7. The Morgan fingerprint density at radius 3 is 2.94 bits per heavy atom. The maximum atomic E-state index is 11.2. The molecule has 3 aliphatic rings. The molecule has 0 saturated heterocycles. The van der Waals surface area contributed by atoms with E-state index in [1.165, 1.54) is 47.0 Å². The molecule has 9 heteroatoms. The van der Waals surface area contributed by atoms with Gasteiger partial charge in [-0.3, -0.25) is 5.14 Å². The van der Waals surface area contributed by atoms with E-state index in [-0.39, 0.29) is 0 Å². The second-order valence-corrected chi connectivity index (χ2v) is 9.09. The summed E-state index contributed by atoms with van der Waals surface area (Å²) in [5.41, 5.74) is 11.8. The van der Waals surface area contributed by atoms with Gasteiger partial charge in [-0.1, -0.05) is 19.9 Å². The number of rotatable bonds is 4. The molecule has 6 N–H and O–H groups in total. The molecule has 0 saturated carbocycles. The molecule has 2 unspecified atom stereocenters. The van der Waals surface area contributed by atoms with E-state index in [9.17, 15) is 4.79 Å². The minimum absolute atomic E-state index is 0.350. The van der Waals surface area contributed by atoms with Gasteiger partial charge >= 0.3 is 6.03 Å². The number of anilines is 1. The quantitative estimate of drug-likeness (QED) is 0.538. The number of benzene rings is 1. The molecule has 1 aromatic carbocycles. The molecule has 2 aromatic rings. The number of nitrogens with zero attached hydrogens (tertiary/aromatic N) is 2. The van der Waals surface area contributed by atoms with Gasteiger partial charge in [0.1, 0.15) is 11.5 Å². The maximum absolute atomic E-state index is 11.2. The lowest BCUT2D eigenvalue weighted by atomic mass is 9.96. The highest BCUT2D eigenvalue weighted by atomic mass is 32.2. The highest BCUT2D eigenvalue weighted by molar-refractivity contribution is 7.97. The van der Waals surface area contributed by atoms with Crippen molar-refractivity contribution in [1.29, 1.82) is 0 Å². The van der Waals surface area contributed by atoms with Crippen LogP contribution in [0.4, 0.5) is 10.5 Å². The average molecular weight is 445 g/mol. The summed E-state index contributed by atoms with van der Waals surface area (Å²) < 4.78 is 7.44. The second-order valence-electron chi connectivity index (χ2n) is 8.42. The highest BCUT2D eigenvalue weighted by Crippen LogP contribution is 2.43. The Labute approximate surface area is 187 Å². The van der Waals surface area contributed by atoms with Crippen molar-refractivity contribution in [3.05, 3.63) is 34.5 Å². The van der Waals surface area contributed by atoms with Crippen LogP contribution in [0.2, 0.25) is 0 Å². The molecule has 5 rings (SSSR count). The van der Waals surface area contributed by atoms with Gasteiger partial charge in [-0.05, 0) is 78.8 Å². The van der Waals surface area contributed by atoms with Crippen LogP contribution in [0.5, 0.6) is 5.88 Å². The van der Waals surface area contributed by atoms with E-state index in [0.29, 0.717) is 18.6 Å². The standard InChI is InChI=1S/C14H18N2O.C8H14N4OS/c1-8-5-6-11-12(8)7-9-3-2-4-10(9)13(11)16-14(15)17;1-2-10-6-4-12-8(13-5-6)7(14-9)3-11-12/h7-8H,2-6H2,1H3,(H3,15,16,17);3,6,10H,2,4-5,9H2,1H3. The molecular weight excluding hydrogens is 412 g/mol. The van der Waals surface area contributed by atoms with Gasteiger partial charge < -0.3 is 21.1 Å². The summed E-state index contributed by atoms with van der Waals surface area (Å²) in [6.45, 7) is 6.83. The average Bonchev–Trinajstić information content (AvgIpc) is 3.47. The summed E-state index contributed by atoms with van der Waals surface area (Å²) >= 11 is 1.18. The molecule has 31 heavy (non-hydrogen) atoms. The zero-order chi connectivity index (χ0) is 22.0. The Balaban J connectivity index is 0.000000152. The fourth-order valence-electron chi connectivity index (χ4n) is 4.88. The predicted molar refractivity (Wildman–Crippen MR) is 124 cm³/mol. The van der Waals surface area contributed by atoms with Crippen molar-refractivity contribution < 1.29 is 9.53 Å². The molecule has 0 bridgehead atoms. The number of ether oxygens (including phenoxy) is 1. The number of hydrogen-bond acceptors (Lipinski definition) is 6. The summed E-state index contributed by atoms with van der Waals surface area (Å²) in [7, 11) is 0. The topological polar surface area (TPSA) is 120 Å². The third-order valence-electron chi connectivity index (χ3n) is 6.34. The monoisotopic (exact) mass is 444 g/mol. The largest absolute Gasteiger partial charge is 0.475 e. The molecule has 168 valence electrons. The molecule has 2 amide bonds. The number of nitrogens with one attached hydrogen (secondary N) is 2. The lowest BCUT2D eigenvalue weighted by Crippen LogP contribution is -2.41. The molecule has 0 radical (unpaired) electrons. The first kappa shape index (κ1) is 22.0. The Bertz CT molecular complexity index is 960. The van der Waals surface area contributed by atoms with Crippen LogP contribution >= 0.6 is 11.9 Å². The van der Waals surface area contributed by atoms with Crippen LogP contribution in [0.25, 0.3) is 0 Å². The van der Waals surface area contributed by atoms with Crippen LogP contribution in [0.15, 0.2) is 17.2 Å². The predicted octanol–water partition coefficient (Wildman–Crippen LogP) is 2.94. The number of primary amides is 1. The number of urea groups is 1. The van der Waals surface area contributed by atoms with E-state index in [2.05, 4.69) is 35.6 Å². The fourth-order valence-corrected chi connectivity index (χ4v) is 5.25. The van der Waals surface area contributed by atoms with Crippen LogP contribution in [0.1, 0.15) is 54.9 Å². The van der Waals surface area contributed by atoms with Crippen molar-refractivity contribution in [2.24, 2.45) is 10.9 Å². The first-order valence-electron chi connectivity index (χ1n) is 11.0. The SMILES string of the molecule is CC1CCc2c1cc1c(c2NC(N)=O)CCC1.CCNC1COc2c(SN)cnn2C1. The van der Waals surface area contributed by atoms with Gasteiger partial charge in [-0.25, -0.2) is 9.48 Å². The Kier molecular flexibility index (Phi) is 6.74. The van der Waals surface area contributed by atoms with Crippen molar-refractivity contribution in [2.75, 3.05) is 18.5 Å². The van der Waals surface area contributed by atoms with E-state index in [1.807, 2.05) is 4.68 Å². The van der Waals surface area contributed by atoms with E-state index in [1.54, 1.807) is 6.20 Å². The third-order valence-corrected chi connectivity index (χ3v) is 6.88. The molecule has 1 aliphatic heterocycles. The Morgan fingerprint density at radius 2 is 2.19 bits per heavy atom.